The van der Waals surface area contributed by atoms with Crippen molar-refractivity contribution in [3.63, 3.8) is 0 Å². The van der Waals surface area contributed by atoms with Crippen molar-refractivity contribution in [1.82, 2.24) is 4.90 Å². The van der Waals surface area contributed by atoms with E-state index in [-0.39, 0.29) is 27.3 Å². The first-order chi connectivity index (χ1) is 10.5. The summed E-state index contributed by atoms with van der Waals surface area (Å²) in [4.78, 5) is 25.8. The Morgan fingerprint density at radius 1 is 1.52 bits per heavy atom. The zero-order valence-corrected chi connectivity index (χ0v) is 17.6. The van der Waals surface area contributed by atoms with Crippen LogP contribution in [0.25, 0.3) is 0 Å². The molecule has 0 saturated carbocycles. The summed E-state index contributed by atoms with van der Waals surface area (Å²) in [5, 5.41) is 9.65. The molecule has 1 fully saturated rings. The molecule has 8 heteroatoms. The van der Waals surface area contributed by atoms with Gasteiger partial charge in [0.2, 0.25) is 0 Å². The van der Waals surface area contributed by atoms with Gasteiger partial charge in [-0.15, -0.1) is 11.8 Å². The van der Waals surface area contributed by atoms with E-state index in [1.165, 1.54) is 28.4 Å². The van der Waals surface area contributed by atoms with E-state index in [4.69, 9.17) is 4.43 Å². The van der Waals surface area contributed by atoms with Crippen LogP contribution in [0.5, 0.6) is 0 Å². The number of hydrogen-bond acceptors (Lipinski definition) is 5. The molecule has 0 spiro atoms. The van der Waals surface area contributed by atoms with Crippen molar-refractivity contribution in [3.8, 4) is 0 Å². The van der Waals surface area contributed by atoms with Crippen LogP contribution < -0.4 is 0 Å². The molecule has 1 saturated heterocycles. The fourth-order valence-corrected chi connectivity index (χ4v) is 7.00. The third-order valence-electron chi connectivity index (χ3n) is 3.70. The van der Waals surface area contributed by atoms with Crippen LogP contribution in [-0.2, 0) is 14.0 Å². The summed E-state index contributed by atoms with van der Waals surface area (Å²) in [6.45, 7) is 12.3. The van der Waals surface area contributed by atoms with Crippen molar-refractivity contribution >= 4 is 45.2 Å². The van der Waals surface area contributed by atoms with Crippen molar-refractivity contribution < 1.29 is 19.1 Å². The van der Waals surface area contributed by atoms with E-state index in [0.717, 1.165) is 4.24 Å². The molecule has 2 atom stereocenters. The van der Waals surface area contributed by atoms with E-state index < -0.39 is 21.3 Å². The zero-order chi connectivity index (χ0) is 17.6. The van der Waals surface area contributed by atoms with E-state index in [9.17, 15) is 14.7 Å². The number of thioether (sulfide) groups is 2. The Labute approximate surface area is 148 Å². The maximum atomic E-state index is 12.8. The number of rotatable bonds is 6. The molecule has 130 valence electrons. The second-order valence-corrected chi connectivity index (χ2v) is 13.0. The summed E-state index contributed by atoms with van der Waals surface area (Å²) >= 11 is 2.98. The first kappa shape index (κ1) is 18.9. The molecule has 0 aromatic heterocycles. The van der Waals surface area contributed by atoms with Crippen molar-refractivity contribution in [3.05, 3.63) is 9.93 Å². The zero-order valence-electron chi connectivity index (χ0n) is 14.5. The highest BCUT2D eigenvalue weighted by Gasteiger charge is 2.66. The van der Waals surface area contributed by atoms with Crippen LogP contribution in [0.2, 0.25) is 5.04 Å². The molecule has 1 N–H and O–H groups in total. The van der Waals surface area contributed by atoms with E-state index in [1.807, 2.05) is 20.8 Å². The van der Waals surface area contributed by atoms with Gasteiger partial charge in [-0.2, -0.15) is 0 Å². The van der Waals surface area contributed by atoms with Gasteiger partial charge in [0.1, 0.15) is 5.37 Å². The molecule has 0 aromatic rings. The van der Waals surface area contributed by atoms with Gasteiger partial charge >= 0.3 is 5.97 Å². The third kappa shape index (κ3) is 3.36. The Kier molecular flexibility index (Phi) is 5.30. The molecule has 1 amide bonds. The molecular weight excluding hydrogens is 350 g/mol. The molecule has 0 radical (unpaired) electrons. The smallest absolute Gasteiger partial charge is 0.354 e. The number of carbonyl (C=O) groups excluding carboxylic acids is 1. The predicted octanol–water partition coefficient (Wildman–Crippen LogP) is 2.76. The molecule has 2 rings (SSSR count). The minimum Gasteiger partial charge on any atom is -0.477 e. The Morgan fingerprint density at radius 3 is 2.57 bits per heavy atom. The van der Waals surface area contributed by atoms with Gasteiger partial charge in [-0.1, -0.05) is 53.3 Å². The van der Waals surface area contributed by atoms with Gasteiger partial charge in [0, 0.05) is 5.25 Å². The van der Waals surface area contributed by atoms with Crippen LogP contribution in [0.15, 0.2) is 9.93 Å². The summed E-state index contributed by atoms with van der Waals surface area (Å²) in [5.41, 5.74) is -0.710. The third-order valence-corrected chi connectivity index (χ3v) is 7.90. The van der Waals surface area contributed by atoms with E-state index in [0.29, 0.717) is 6.42 Å². The Balaban J connectivity index is 2.26. The largest absolute Gasteiger partial charge is 0.477 e. The average Bonchev–Trinajstić information content (AvgIpc) is 2.74. The van der Waals surface area contributed by atoms with Crippen LogP contribution in [0, 0.1) is 0 Å². The highest BCUT2D eigenvalue weighted by molar-refractivity contribution is 8.23. The van der Waals surface area contributed by atoms with Gasteiger partial charge in [-0.3, -0.25) is 9.69 Å². The molecule has 1 unspecified atom stereocenters. The summed E-state index contributed by atoms with van der Waals surface area (Å²) in [7, 11) is -0.902. The fraction of sp³-hybridized carbons (Fsp3) is 0.733. The van der Waals surface area contributed by atoms with Crippen LogP contribution in [-0.4, -0.2) is 47.9 Å². The first-order valence-electron chi connectivity index (χ1n) is 7.82. The fourth-order valence-electron chi connectivity index (χ4n) is 2.57. The van der Waals surface area contributed by atoms with Crippen LogP contribution in [0.1, 0.15) is 48.0 Å². The lowest BCUT2D eigenvalue weighted by molar-refractivity contribution is -0.173. The Morgan fingerprint density at radius 2 is 2.13 bits per heavy atom. The minimum atomic E-state index is -1.03. The van der Waals surface area contributed by atoms with Gasteiger partial charge in [0.05, 0.1) is 4.24 Å². The predicted molar refractivity (Wildman–Crippen MR) is 98.0 cm³/mol. The monoisotopic (exact) mass is 375 g/mol. The molecular formula is C15H25NO4S2Si. The van der Waals surface area contributed by atoms with Crippen LogP contribution in [0.3, 0.4) is 0 Å². The quantitative estimate of drug-likeness (QED) is 0.569. The number of aliphatic carboxylic acids is 1. The molecule has 0 aromatic carbocycles. The highest BCUT2D eigenvalue weighted by atomic mass is 32.2. The number of amides is 1. The lowest BCUT2D eigenvalue weighted by Crippen LogP contribution is -2.72. The Bertz CT molecular complexity index is 558. The van der Waals surface area contributed by atoms with Crippen LogP contribution in [0.4, 0.5) is 0 Å². The van der Waals surface area contributed by atoms with Gasteiger partial charge in [0.25, 0.3) is 5.91 Å². The maximum Gasteiger partial charge on any atom is 0.354 e. The molecule has 23 heavy (non-hydrogen) atoms. The van der Waals surface area contributed by atoms with Gasteiger partial charge in [-0.05, 0) is 11.5 Å². The van der Waals surface area contributed by atoms with E-state index >= 15 is 0 Å². The molecule has 2 aliphatic heterocycles. The molecule has 2 heterocycles. The normalized spacial score (nSPS) is 28.0. The number of hydrogen-bond donors (Lipinski definition) is 1. The molecule has 2 aliphatic rings. The number of carbonyl (C=O) groups is 2. The number of fused-ring (bicyclic) bond motifs is 1. The number of β-lactam (4-membered cyclic amide) rings is 1. The lowest BCUT2D eigenvalue weighted by Gasteiger charge is -2.52. The van der Waals surface area contributed by atoms with Crippen molar-refractivity contribution in [1.29, 1.82) is 0 Å². The summed E-state index contributed by atoms with van der Waals surface area (Å²) in [6.07, 6.45) is 0.579. The molecule has 0 aliphatic carbocycles. The summed E-state index contributed by atoms with van der Waals surface area (Å²) in [5.74, 6) is -1.22. The first-order valence-corrected chi connectivity index (χ1v) is 10.9. The van der Waals surface area contributed by atoms with E-state index in [1.54, 1.807) is 0 Å². The topological polar surface area (TPSA) is 66.8 Å². The van der Waals surface area contributed by atoms with Gasteiger partial charge in [0.15, 0.2) is 21.1 Å². The van der Waals surface area contributed by atoms with E-state index in [2.05, 4.69) is 20.8 Å². The van der Waals surface area contributed by atoms with Crippen molar-refractivity contribution in [2.75, 3.05) is 0 Å². The summed E-state index contributed by atoms with van der Waals surface area (Å²) in [6, 6.07) is 0. The summed E-state index contributed by atoms with van der Waals surface area (Å²) < 4.78 is 6.91. The minimum absolute atomic E-state index is 0.0880. The number of nitrogens with zero attached hydrogens (tertiary/aromatic N) is 1. The van der Waals surface area contributed by atoms with Crippen molar-refractivity contribution in [2.24, 2.45) is 0 Å². The lowest BCUT2D eigenvalue weighted by atomic mass is 9.89. The van der Waals surface area contributed by atoms with Crippen LogP contribution >= 0.6 is 23.5 Å². The standard InChI is InChI=1S/C15H25NO4S2Si/c1-7-15(20-23-14(4,5)6)12(19)16-9(10(17)18)11(21-8(2)3)22-13(15)16/h8,13H,7,23H2,1-6H3,(H,17,18)/t13-,15?/m0/s1. The second-order valence-electron chi connectivity index (χ2n) is 7.35. The van der Waals surface area contributed by atoms with Crippen molar-refractivity contribution in [2.45, 2.75) is 69.2 Å². The van der Waals surface area contributed by atoms with Gasteiger partial charge < -0.3 is 9.53 Å². The average molecular weight is 376 g/mol. The maximum absolute atomic E-state index is 12.8. The number of carboxylic acid groups (broad SMARTS) is 1. The number of carboxylic acids is 1. The second kappa shape index (κ2) is 6.46. The Hall–Kier alpha value is -0.443. The SMILES string of the molecule is CCC1(O[SiH2]C(C)(C)C)C(=O)N2C(C(=O)O)=C(SC(C)C)S[C@H]21. The highest BCUT2D eigenvalue weighted by Crippen LogP contribution is 2.57. The van der Waals surface area contributed by atoms with Gasteiger partial charge in [-0.25, -0.2) is 4.79 Å². The molecule has 0 bridgehead atoms. The molecule has 5 nitrogen and oxygen atoms in total.